The molecule has 1 fully saturated rings. The molecule has 0 atom stereocenters. The standard InChI is InChI=1S/C17H16N4OS3/c1-10-18-12(8-23-10)9-24-14-5-3-2-4-13(14)15(22)19-17-21-20-16(25-17)11-6-7-11/h2-5,8,11H,6-7,9H2,1H3,(H,19,21,22). The monoisotopic (exact) mass is 388 g/mol. The van der Waals surface area contributed by atoms with Crippen molar-refractivity contribution in [3.8, 4) is 0 Å². The lowest BCUT2D eigenvalue weighted by Gasteiger charge is -2.07. The first-order valence-corrected chi connectivity index (χ1v) is 10.6. The maximum atomic E-state index is 12.6. The van der Waals surface area contributed by atoms with Crippen molar-refractivity contribution in [1.82, 2.24) is 15.2 Å². The van der Waals surface area contributed by atoms with E-state index in [0.29, 0.717) is 16.6 Å². The molecule has 25 heavy (non-hydrogen) atoms. The van der Waals surface area contributed by atoms with Crippen molar-refractivity contribution < 1.29 is 4.79 Å². The molecule has 1 aliphatic rings. The van der Waals surface area contributed by atoms with Crippen molar-refractivity contribution in [2.75, 3.05) is 5.32 Å². The average Bonchev–Trinajstić information content (AvgIpc) is 3.23. The number of aryl methyl sites for hydroxylation is 1. The average molecular weight is 389 g/mol. The number of anilines is 1. The summed E-state index contributed by atoms with van der Waals surface area (Å²) in [5.41, 5.74) is 1.70. The van der Waals surface area contributed by atoms with E-state index >= 15 is 0 Å². The highest BCUT2D eigenvalue weighted by molar-refractivity contribution is 7.98. The van der Waals surface area contributed by atoms with Gasteiger partial charge in [0.25, 0.3) is 5.91 Å². The number of benzene rings is 1. The van der Waals surface area contributed by atoms with Gasteiger partial charge < -0.3 is 0 Å². The maximum absolute atomic E-state index is 12.6. The van der Waals surface area contributed by atoms with Gasteiger partial charge in [-0.05, 0) is 31.9 Å². The first-order valence-electron chi connectivity index (χ1n) is 7.96. The summed E-state index contributed by atoms with van der Waals surface area (Å²) in [7, 11) is 0. The highest BCUT2D eigenvalue weighted by Crippen LogP contribution is 2.42. The molecule has 3 aromatic rings. The lowest BCUT2D eigenvalue weighted by atomic mass is 10.2. The Labute approximate surface area is 157 Å². The van der Waals surface area contributed by atoms with Crippen LogP contribution in [0.4, 0.5) is 5.13 Å². The first kappa shape index (κ1) is 16.7. The van der Waals surface area contributed by atoms with E-state index in [2.05, 4.69) is 25.9 Å². The quantitative estimate of drug-likeness (QED) is 0.619. The highest BCUT2D eigenvalue weighted by Gasteiger charge is 2.28. The molecule has 5 nitrogen and oxygen atoms in total. The number of hydrogen-bond acceptors (Lipinski definition) is 7. The third-order valence-electron chi connectivity index (χ3n) is 3.76. The van der Waals surface area contributed by atoms with Gasteiger partial charge in [-0.3, -0.25) is 10.1 Å². The lowest BCUT2D eigenvalue weighted by molar-refractivity contribution is 0.102. The zero-order chi connectivity index (χ0) is 17.2. The minimum absolute atomic E-state index is 0.143. The second-order valence-electron chi connectivity index (χ2n) is 5.82. The van der Waals surface area contributed by atoms with E-state index in [1.807, 2.05) is 31.2 Å². The maximum Gasteiger partial charge on any atom is 0.258 e. The van der Waals surface area contributed by atoms with Crippen LogP contribution in [0.15, 0.2) is 34.5 Å². The van der Waals surface area contributed by atoms with Gasteiger partial charge in [-0.15, -0.1) is 33.3 Å². The van der Waals surface area contributed by atoms with E-state index in [4.69, 9.17) is 0 Å². The number of rotatable bonds is 6. The molecule has 2 aromatic heterocycles. The van der Waals surface area contributed by atoms with Gasteiger partial charge in [0, 0.05) is 21.9 Å². The summed E-state index contributed by atoms with van der Waals surface area (Å²) in [5.74, 6) is 1.16. The van der Waals surface area contributed by atoms with E-state index in [0.717, 1.165) is 26.4 Å². The fourth-order valence-corrected chi connectivity index (χ4v) is 4.92. The summed E-state index contributed by atoms with van der Waals surface area (Å²) in [6.07, 6.45) is 2.36. The van der Waals surface area contributed by atoms with Gasteiger partial charge in [-0.25, -0.2) is 4.98 Å². The van der Waals surface area contributed by atoms with Crippen molar-refractivity contribution in [2.24, 2.45) is 0 Å². The Morgan fingerprint density at radius 2 is 2.16 bits per heavy atom. The van der Waals surface area contributed by atoms with Crippen molar-refractivity contribution in [2.45, 2.75) is 36.3 Å². The molecule has 0 aliphatic heterocycles. The number of amides is 1. The SMILES string of the molecule is Cc1nc(CSc2ccccc2C(=O)Nc2nnc(C3CC3)s2)cs1. The zero-order valence-electron chi connectivity index (χ0n) is 13.6. The Bertz CT molecular complexity index is 901. The number of thioether (sulfide) groups is 1. The molecule has 1 aromatic carbocycles. The Hall–Kier alpha value is -1.77. The molecule has 1 saturated carbocycles. The number of hydrogen-bond donors (Lipinski definition) is 1. The van der Waals surface area contributed by atoms with Gasteiger partial charge in [-0.1, -0.05) is 23.5 Å². The normalized spacial score (nSPS) is 13.8. The van der Waals surface area contributed by atoms with Crippen LogP contribution in [-0.4, -0.2) is 21.1 Å². The minimum atomic E-state index is -0.143. The van der Waals surface area contributed by atoms with E-state index < -0.39 is 0 Å². The van der Waals surface area contributed by atoms with Crippen molar-refractivity contribution in [3.63, 3.8) is 0 Å². The van der Waals surface area contributed by atoms with Crippen LogP contribution in [0.25, 0.3) is 0 Å². The van der Waals surface area contributed by atoms with Crippen LogP contribution in [0, 0.1) is 6.92 Å². The summed E-state index contributed by atoms with van der Waals surface area (Å²) in [5, 5.41) is 15.9. The zero-order valence-corrected chi connectivity index (χ0v) is 16.0. The minimum Gasteiger partial charge on any atom is -0.296 e. The molecular formula is C17H16N4OS3. The first-order chi connectivity index (χ1) is 12.2. The van der Waals surface area contributed by atoms with E-state index in [1.54, 1.807) is 23.1 Å². The van der Waals surface area contributed by atoms with Gasteiger partial charge >= 0.3 is 0 Å². The smallest absolute Gasteiger partial charge is 0.258 e. The number of aromatic nitrogens is 3. The molecule has 128 valence electrons. The number of carbonyl (C=O) groups excluding carboxylic acids is 1. The van der Waals surface area contributed by atoms with Crippen LogP contribution in [0.5, 0.6) is 0 Å². The lowest BCUT2D eigenvalue weighted by Crippen LogP contribution is -2.12. The predicted molar refractivity (Wildman–Crippen MR) is 103 cm³/mol. The third-order valence-corrected chi connectivity index (χ3v) is 6.69. The fraction of sp³-hybridized carbons (Fsp3) is 0.294. The number of nitrogens with zero attached hydrogens (tertiary/aromatic N) is 3. The van der Waals surface area contributed by atoms with Crippen LogP contribution in [-0.2, 0) is 5.75 Å². The second-order valence-corrected chi connectivity index (χ2v) is 8.91. The van der Waals surface area contributed by atoms with E-state index in [1.165, 1.54) is 24.2 Å². The highest BCUT2D eigenvalue weighted by atomic mass is 32.2. The van der Waals surface area contributed by atoms with Gasteiger partial charge in [0.1, 0.15) is 5.01 Å². The van der Waals surface area contributed by atoms with Gasteiger partial charge in [-0.2, -0.15) is 0 Å². The molecule has 1 amide bonds. The molecule has 0 spiro atoms. The Kier molecular flexibility index (Phi) is 4.82. The van der Waals surface area contributed by atoms with Gasteiger partial charge in [0.15, 0.2) is 0 Å². The second kappa shape index (κ2) is 7.23. The Morgan fingerprint density at radius 1 is 1.32 bits per heavy atom. The number of carbonyl (C=O) groups is 1. The Balaban J connectivity index is 1.45. The largest absolute Gasteiger partial charge is 0.296 e. The summed E-state index contributed by atoms with van der Waals surface area (Å²) in [6.45, 7) is 2.00. The van der Waals surface area contributed by atoms with Crippen molar-refractivity contribution in [3.05, 3.63) is 50.9 Å². The van der Waals surface area contributed by atoms with E-state index in [-0.39, 0.29) is 5.91 Å². The van der Waals surface area contributed by atoms with Gasteiger partial charge in [0.2, 0.25) is 5.13 Å². The molecule has 0 unspecified atom stereocenters. The molecule has 4 rings (SSSR count). The molecule has 0 saturated heterocycles. The van der Waals surface area contributed by atoms with Crippen LogP contribution < -0.4 is 5.32 Å². The summed E-state index contributed by atoms with van der Waals surface area (Å²) >= 11 is 4.74. The summed E-state index contributed by atoms with van der Waals surface area (Å²) in [6, 6.07) is 7.63. The van der Waals surface area contributed by atoms with Crippen molar-refractivity contribution >= 4 is 45.5 Å². The number of nitrogens with one attached hydrogen (secondary N) is 1. The number of thiazole rings is 1. The van der Waals surface area contributed by atoms with Crippen molar-refractivity contribution in [1.29, 1.82) is 0 Å². The molecular weight excluding hydrogens is 372 g/mol. The molecule has 1 N–H and O–H groups in total. The summed E-state index contributed by atoms with van der Waals surface area (Å²) < 4.78 is 0. The van der Waals surface area contributed by atoms with Crippen LogP contribution in [0.3, 0.4) is 0 Å². The van der Waals surface area contributed by atoms with Crippen LogP contribution in [0.2, 0.25) is 0 Å². The van der Waals surface area contributed by atoms with Gasteiger partial charge in [0.05, 0.1) is 16.3 Å². The van der Waals surface area contributed by atoms with E-state index in [9.17, 15) is 4.79 Å². The molecule has 0 radical (unpaired) electrons. The molecule has 2 heterocycles. The van der Waals surface area contributed by atoms with Crippen LogP contribution in [0.1, 0.15) is 44.8 Å². The Morgan fingerprint density at radius 3 is 2.92 bits per heavy atom. The van der Waals surface area contributed by atoms with Crippen LogP contribution >= 0.6 is 34.4 Å². The molecule has 0 bridgehead atoms. The fourth-order valence-electron chi connectivity index (χ4n) is 2.35. The summed E-state index contributed by atoms with van der Waals surface area (Å²) in [4.78, 5) is 18.1. The topological polar surface area (TPSA) is 67.8 Å². The molecule has 8 heteroatoms. The predicted octanol–water partition coefficient (Wildman–Crippen LogP) is 4.73. The third kappa shape index (κ3) is 4.08. The molecule has 1 aliphatic carbocycles.